The van der Waals surface area contributed by atoms with Gasteiger partial charge in [-0.25, -0.2) is 9.97 Å². The van der Waals surface area contributed by atoms with Crippen molar-refractivity contribution in [3.05, 3.63) is 65.7 Å². The Morgan fingerprint density at radius 1 is 0.643 bits per heavy atom. The minimum atomic E-state index is -4.44. The highest BCUT2D eigenvalue weighted by atomic mass is 32.2. The summed E-state index contributed by atoms with van der Waals surface area (Å²) in [5.41, 5.74) is 0.0837. The average Bonchev–Trinajstić information content (AvgIpc) is 2.66. The fourth-order valence-electron chi connectivity index (χ4n) is 2.47. The van der Waals surface area contributed by atoms with E-state index in [0.717, 1.165) is 24.3 Å². The quantitative estimate of drug-likeness (QED) is 0.275. The van der Waals surface area contributed by atoms with Gasteiger partial charge in [-0.15, -0.1) is 0 Å². The zero-order chi connectivity index (χ0) is 20.5. The molecule has 28 heavy (non-hydrogen) atoms. The number of nitrogens with zero attached hydrogens (tertiary/aromatic N) is 2. The summed E-state index contributed by atoms with van der Waals surface area (Å²) in [4.78, 5) is 8.57. The van der Waals surface area contributed by atoms with Crippen molar-refractivity contribution in [2.45, 2.75) is 17.5 Å². The lowest BCUT2D eigenvalue weighted by Gasteiger charge is -2.10. The van der Waals surface area contributed by atoms with Crippen molar-refractivity contribution < 1.29 is 26.3 Å². The third-order valence-electron chi connectivity index (χ3n) is 3.90. The van der Waals surface area contributed by atoms with Gasteiger partial charge in [-0.2, -0.15) is 26.3 Å². The summed E-state index contributed by atoms with van der Waals surface area (Å²) in [6.45, 7) is 0. The topological polar surface area (TPSA) is 25.8 Å². The molecule has 1 aromatic heterocycles. The minimum Gasteiger partial charge on any atom is -0.222 e. The SMILES string of the molecule is CSc1nc(-c2ccc(C(F)(F)F)cc2)cc(-c2ccc(C(F)(F)F)cc2)n1. The molecule has 0 aliphatic carbocycles. The molecule has 0 amide bonds. The molecule has 0 unspecified atom stereocenters. The second-order valence-electron chi connectivity index (χ2n) is 5.78. The minimum absolute atomic E-state index is 0.354. The summed E-state index contributed by atoms with van der Waals surface area (Å²) in [5.74, 6) is 0. The van der Waals surface area contributed by atoms with Gasteiger partial charge in [0.15, 0.2) is 5.16 Å². The second-order valence-corrected chi connectivity index (χ2v) is 6.55. The lowest BCUT2D eigenvalue weighted by atomic mass is 10.0. The number of hydrogen-bond donors (Lipinski definition) is 0. The van der Waals surface area contributed by atoms with Crippen LogP contribution in [0.3, 0.4) is 0 Å². The molecule has 146 valence electrons. The number of hydrogen-bond acceptors (Lipinski definition) is 3. The molecule has 0 aliphatic rings. The molecule has 0 radical (unpaired) electrons. The fraction of sp³-hybridized carbons (Fsp3) is 0.158. The zero-order valence-electron chi connectivity index (χ0n) is 14.3. The third kappa shape index (κ3) is 4.46. The van der Waals surface area contributed by atoms with E-state index >= 15 is 0 Å². The van der Waals surface area contributed by atoms with Crippen molar-refractivity contribution in [2.75, 3.05) is 6.26 Å². The number of rotatable bonds is 3. The molecule has 9 heteroatoms. The number of thioether (sulfide) groups is 1. The van der Waals surface area contributed by atoms with Crippen LogP contribution in [0.15, 0.2) is 59.8 Å². The van der Waals surface area contributed by atoms with Gasteiger partial charge < -0.3 is 0 Å². The van der Waals surface area contributed by atoms with E-state index in [4.69, 9.17) is 0 Å². The van der Waals surface area contributed by atoms with Gasteiger partial charge >= 0.3 is 12.4 Å². The van der Waals surface area contributed by atoms with E-state index in [1.807, 2.05) is 0 Å². The van der Waals surface area contributed by atoms with Crippen molar-refractivity contribution in [1.82, 2.24) is 9.97 Å². The molecule has 0 bridgehead atoms. The maximum Gasteiger partial charge on any atom is 0.416 e. The van der Waals surface area contributed by atoms with E-state index in [9.17, 15) is 26.3 Å². The predicted octanol–water partition coefficient (Wildman–Crippen LogP) is 6.57. The Labute approximate surface area is 160 Å². The van der Waals surface area contributed by atoms with Gasteiger partial charge in [-0.1, -0.05) is 36.0 Å². The van der Waals surface area contributed by atoms with Gasteiger partial charge in [0.25, 0.3) is 0 Å². The van der Waals surface area contributed by atoms with Crippen LogP contribution in [0.25, 0.3) is 22.5 Å². The molecule has 0 spiro atoms. The van der Waals surface area contributed by atoms with Gasteiger partial charge in [-0.05, 0) is 36.6 Å². The Balaban J connectivity index is 2.01. The number of alkyl halides is 6. The molecule has 0 saturated carbocycles. The van der Waals surface area contributed by atoms with Crippen LogP contribution in [0, 0.1) is 0 Å². The van der Waals surface area contributed by atoms with Crippen LogP contribution in [0.2, 0.25) is 0 Å². The summed E-state index contributed by atoms with van der Waals surface area (Å²) < 4.78 is 76.4. The van der Waals surface area contributed by atoms with Gasteiger partial charge in [0.1, 0.15) is 0 Å². The van der Waals surface area contributed by atoms with Crippen LogP contribution in [-0.2, 0) is 12.4 Å². The Bertz CT molecular complexity index is 888. The van der Waals surface area contributed by atoms with Crippen LogP contribution < -0.4 is 0 Å². The lowest BCUT2D eigenvalue weighted by Crippen LogP contribution is -2.04. The van der Waals surface area contributed by atoms with E-state index < -0.39 is 23.5 Å². The monoisotopic (exact) mass is 414 g/mol. The standard InChI is InChI=1S/C19H12F6N2S/c1-28-17-26-15(11-2-6-13(7-3-11)18(20,21)22)10-16(27-17)12-4-8-14(9-5-12)19(23,24)25/h2-10H,1H3. The van der Waals surface area contributed by atoms with Crippen molar-refractivity contribution >= 4 is 11.8 Å². The smallest absolute Gasteiger partial charge is 0.222 e. The third-order valence-corrected chi connectivity index (χ3v) is 4.45. The summed E-state index contributed by atoms with van der Waals surface area (Å²) in [5, 5.41) is 0.354. The first-order valence-corrected chi connectivity index (χ1v) is 9.09. The Morgan fingerprint density at radius 2 is 1.00 bits per heavy atom. The average molecular weight is 414 g/mol. The van der Waals surface area contributed by atoms with Crippen molar-refractivity contribution in [1.29, 1.82) is 0 Å². The molecule has 2 aromatic carbocycles. The van der Waals surface area contributed by atoms with Gasteiger partial charge in [0, 0.05) is 11.1 Å². The summed E-state index contributed by atoms with van der Waals surface area (Å²) in [6, 6.07) is 10.5. The molecule has 0 aliphatic heterocycles. The molecule has 0 atom stereocenters. The first kappa shape index (κ1) is 20.2. The summed E-state index contributed by atoms with van der Waals surface area (Å²) >= 11 is 1.22. The van der Waals surface area contributed by atoms with Gasteiger partial charge in [0.05, 0.1) is 22.5 Å². The Kier molecular flexibility index (Phi) is 5.38. The largest absolute Gasteiger partial charge is 0.416 e. The van der Waals surface area contributed by atoms with Crippen molar-refractivity contribution in [3.8, 4) is 22.5 Å². The fourth-order valence-corrected chi connectivity index (χ4v) is 2.85. The van der Waals surface area contributed by atoms with Crippen molar-refractivity contribution in [2.24, 2.45) is 0 Å². The molecular weight excluding hydrogens is 402 g/mol. The summed E-state index contributed by atoms with van der Waals surface area (Å²) in [6.07, 6.45) is -7.16. The van der Waals surface area contributed by atoms with Gasteiger partial charge in [0.2, 0.25) is 0 Å². The maximum absolute atomic E-state index is 12.7. The van der Waals surface area contributed by atoms with Crippen LogP contribution >= 0.6 is 11.8 Å². The highest BCUT2D eigenvalue weighted by Crippen LogP contribution is 2.33. The molecule has 0 saturated heterocycles. The molecule has 3 rings (SSSR count). The molecule has 2 nitrogen and oxygen atoms in total. The maximum atomic E-state index is 12.7. The normalized spacial score (nSPS) is 12.2. The number of aromatic nitrogens is 2. The number of halogens is 6. The summed E-state index contributed by atoms with van der Waals surface area (Å²) in [7, 11) is 0. The van der Waals surface area contributed by atoms with Crippen LogP contribution in [0.1, 0.15) is 11.1 Å². The Morgan fingerprint density at radius 3 is 1.29 bits per heavy atom. The zero-order valence-corrected chi connectivity index (χ0v) is 15.1. The van der Waals surface area contributed by atoms with Crippen LogP contribution in [0.5, 0.6) is 0 Å². The molecule has 0 N–H and O–H groups in total. The first-order valence-electron chi connectivity index (χ1n) is 7.86. The van der Waals surface area contributed by atoms with Crippen LogP contribution in [0.4, 0.5) is 26.3 Å². The van der Waals surface area contributed by atoms with E-state index in [2.05, 4.69) is 9.97 Å². The molecule has 3 aromatic rings. The van der Waals surface area contributed by atoms with Gasteiger partial charge in [-0.3, -0.25) is 0 Å². The van der Waals surface area contributed by atoms with E-state index in [-0.39, 0.29) is 0 Å². The van der Waals surface area contributed by atoms with Crippen LogP contribution in [-0.4, -0.2) is 16.2 Å². The predicted molar refractivity (Wildman–Crippen MR) is 94.7 cm³/mol. The highest BCUT2D eigenvalue weighted by molar-refractivity contribution is 7.98. The van der Waals surface area contributed by atoms with E-state index in [1.54, 1.807) is 6.26 Å². The van der Waals surface area contributed by atoms with E-state index in [1.165, 1.54) is 42.1 Å². The lowest BCUT2D eigenvalue weighted by molar-refractivity contribution is -0.138. The molecular formula is C19H12F6N2S. The second kappa shape index (κ2) is 7.46. The molecule has 1 heterocycles. The Hall–Kier alpha value is -2.55. The first-order chi connectivity index (χ1) is 13.1. The van der Waals surface area contributed by atoms with E-state index in [0.29, 0.717) is 27.7 Å². The molecule has 0 fully saturated rings. The highest BCUT2D eigenvalue weighted by Gasteiger charge is 2.31. The van der Waals surface area contributed by atoms with Crippen molar-refractivity contribution in [3.63, 3.8) is 0 Å². The number of benzene rings is 2.